The Morgan fingerprint density at radius 2 is 2.00 bits per heavy atom. The summed E-state index contributed by atoms with van der Waals surface area (Å²) < 4.78 is 0.832. The first kappa shape index (κ1) is 12.4. The van der Waals surface area contributed by atoms with Crippen molar-refractivity contribution in [2.24, 2.45) is 11.8 Å². The van der Waals surface area contributed by atoms with Crippen molar-refractivity contribution in [2.45, 2.75) is 13.8 Å². The highest BCUT2D eigenvalue weighted by Gasteiger charge is 2.31. The van der Waals surface area contributed by atoms with E-state index in [0.717, 1.165) is 3.79 Å². The van der Waals surface area contributed by atoms with Gasteiger partial charge in [0, 0.05) is 0 Å². The van der Waals surface area contributed by atoms with Crippen molar-refractivity contribution in [1.29, 1.82) is 0 Å². The number of ketones is 1. The fourth-order valence-corrected chi connectivity index (χ4v) is 2.67. The number of aliphatic carboxylic acids is 1. The van der Waals surface area contributed by atoms with Crippen LogP contribution in [0.15, 0.2) is 15.9 Å². The molecule has 0 saturated carbocycles. The molecule has 15 heavy (non-hydrogen) atoms. The third-order valence-corrected chi connectivity index (χ3v) is 3.67. The normalized spacial score (nSPS) is 12.8. The predicted molar refractivity (Wildman–Crippen MR) is 62.3 cm³/mol. The first-order valence-corrected chi connectivity index (χ1v) is 6.06. The summed E-state index contributed by atoms with van der Waals surface area (Å²) in [6.07, 6.45) is 0. The Kier molecular flexibility index (Phi) is 4.04. The minimum absolute atomic E-state index is 0.198. The van der Waals surface area contributed by atoms with Gasteiger partial charge in [0.2, 0.25) is 0 Å². The highest BCUT2D eigenvalue weighted by Crippen LogP contribution is 2.26. The number of halogens is 1. The molecule has 1 N–H and O–H groups in total. The van der Waals surface area contributed by atoms with Gasteiger partial charge < -0.3 is 5.11 Å². The molecule has 1 rings (SSSR count). The van der Waals surface area contributed by atoms with Gasteiger partial charge in [-0.25, -0.2) is 0 Å². The molecular weight excluding hydrogens is 280 g/mol. The van der Waals surface area contributed by atoms with Crippen molar-refractivity contribution in [3.8, 4) is 0 Å². The van der Waals surface area contributed by atoms with Crippen molar-refractivity contribution < 1.29 is 14.7 Å². The topological polar surface area (TPSA) is 54.4 Å². The van der Waals surface area contributed by atoms with Crippen LogP contribution in [0.3, 0.4) is 0 Å². The molecule has 0 spiro atoms. The summed E-state index contributed by atoms with van der Waals surface area (Å²) in [6, 6.07) is 3.40. The lowest BCUT2D eigenvalue weighted by molar-refractivity contribution is -0.141. The van der Waals surface area contributed by atoms with E-state index in [0.29, 0.717) is 4.88 Å². The largest absolute Gasteiger partial charge is 0.481 e. The van der Waals surface area contributed by atoms with E-state index in [1.165, 1.54) is 11.3 Å². The minimum Gasteiger partial charge on any atom is -0.481 e. The van der Waals surface area contributed by atoms with Crippen LogP contribution >= 0.6 is 27.3 Å². The zero-order valence-electron chi connectivity index (χ0n) is 8.36. The summed E-state index contributed by atoms with van der Waals surface area (Å²) in [6.45, 7) is 3.47. The Morgan fingerprint density at radius 3 is 2.33 bits per heavy atom. The van der Waals surface area contributed by atoms with E-state index in [2.05, 4.69) is 15.9 Å². The van der Waals surface area contributed by atoms with Crippen molar-refractivity contribution in [3.05, 3.63) is 20.8 Å². The Hall–Kier alpha value is -0.680. The Balaban J connectivity index is 2.96. The summed E-state index contributed by atoms with van der Waals surface area (Å²) in [7, 11) is 0. The van der Waals surface area contributed by atoms with Crippen LogP contribution in [0.5, 0.6) is 0 Å². The molecule has 1 aromatic heterocycles. The molecule has 1 heterocycles. The van der Waals surface area contributed by atoms with E-state index < -0.39 is 11.9 Å². The highest BCUT2D eigenvalue weighted by molar-refractivity contribution is 9.11. The van der Waals surface area contributed by atoms with Crippen LogP contribution < -0.4 is 0 Å². The quantitative estimate of drug-likeness (QED) is 0.685. The summed E-state index contributed by atoms with van der Waals surface area (Å²) in [5.74, 6) is -2.51. The lowest BCUT2D eigenvalue weighted by atomic mass is 9.91. The maximum Gasteiger partial charge on any atom is 0.314 e. The van der Waals surface area contributed by atoms with Crippen molar-refractivity contribution in [3.63, 3.8) is 0 Å². The molecule has 0 radical (unpaired) electrons. The van der Waals surface area contributed by atoms with Crippen LogP contribution in [0.1, 0.15) is 23.5 Å². The number of carbonyl (C=O) groups excluding carboxylic acids is 1. The molecule has 1 aromatic rings. The standard InChI is InChI=1S/C10H11BrO3S/c1-5(2)8(10(13)14)9(12)6-3-4-7(11)15-6/h3-5,8H,1-2H3,(H,13,14). The number of hydrogen-bond donors (Lipinski definition) is 1. The average Bonchev–Trinajstić information content (AvgIpc) is 2.50. The fourth-order valence-electron chi connectivity index (χ4n) is 1.30. The number of hydrogen-bond acceptors (Lipinski definition) is 3. The fraction of sp³-hybridized carbons (Fsp3) is 0.400. The van der Waals surface area contributed by atoms with Gasteiger partial charge in [-0.2, -0.15) is 0 Å². The maximum atomic E-state index is 11.8. The molecule has 82 valence electrons. The van der Waals surface area contributed by atoms with Gasteiger partial charge in [0.1, 0.15) is 5.92 Å². The SMILES string of the molecule is CC(C)C(C(=O)O)C(=O)c1ccc(Br)s1. The maximum absolute atomic E-state index is 11.8. The van der Waals surface area contributed by atoms with Crippen LogP contribution in [0.4, 0.5) is 0 Å². The second-order valence-corrected chi connectivity index (χ2v) is 5.99. The first-order chi connectivity index (χ1) is 6.93. The molecule has 0 aliphatic heterocycles. The molecule has 0 aromatic carbocycles. The second-order valence-electron chi connectivity index (χ2n) is 3.53. The molecule has 0 amide bonds. The summed E-state index contributed by atoms with van der Waals surface area (Å²) in [5, 5.41) is 8.95. The van der Waals surface area contributed by atoms with Crippen molar-refractivity contribution in [1.82, 2.24) is 0 Å². The zero-order chi connectivity index (χ0) is 11.6. The lowest BCUT2D eigenvalue weighted by Gasteiger charge is -2.13. The van der Waals surface area contributed by atoms with Crippen LogP contribution in [0.25, 0.3) is 0 Å². The van der Waals surface area contributed by atoms with Crippen molar-refractivity contribution >= 4 is 39.0 Å². The summed E-state index contributed by atoms with van der Waals surface area (Å²) in [4.78, 5) is 23.3. The van der Waals surface area contributed by atoms with Crippen LogP contribution in [-0.2, 0) is 4.79 Å². The van der Waals surface area contributed by atoms with E-state index in [1.807, 2.05) is 0 Å². The van der Waals surface area contributed by atoms with Crippen LogP contribution in [0.2, 0.25) is 0 Å². The molecule has 1 atom stereocenters. The van der Waals surface area contributed by atoms with Gasteiger partial charge in [-0.15, -0.1) is 11.3 Å². The third kappa shape index (κ3) is 2.89. The minimum atomic E-state index is -1.06. The molecule has 1 unspecified atom stereocenters. The highest BCUT2D eigenvalue weighted by atomic mass is 79.9. The van der Waals surface area contributed by atoms with E-state index in [-0.39, 0.29) is 11.7 Å². The average molecular weight is 291 g/mol. The van der Waals surface area contributed by atoms with E-state index in [1.54, 1.807) is 26.0 Å². The van der Waals surface area contributed by atoms with Gasteiger partial charge in [0.15, 0.2) is 5.78 Å². The number of rotatable bonds is 4. The molecule has 0 aliphatic carbocycles. The van der Waals surface area contributed by atoms with Gasteiger partial charge in [-0.3, -0.25) is 9.59 Å². The molecule has 0 saturated heterocycles. The smallest absolute Gasteiger partial charge is 0.314 e. The van der Waals surface area contributed by atoms with Crippen molar-refractivity contribution in [2.75, 3.05) is 0 Å². The van der Waals surface area contributed by atoms with Gasteiger partial charge in [-0.05, 0) is 34.0 Å². The molecule has 0 aliphatic rings. The van der Waals surface area contributed by atoms with E-state index in [9.17, 15) is 9.59 Å². The number of carbonyl (C=O) groups is 2. The molecule has 0 fully saturated rings. The number of carboxylic acids is 1. The third-order valence-electron chi connectivity index (χ3n) is 2.03. The zero-order valence-corrected chi connectivity index (χ0v) is 10.8. The first-order valence-electron chi connectivity index (χ1n) is 4.46. The predicted octanol–water partition coefficient (Wildman–Crippen LogP) is 3.05. The Bertz CT molecular complexity index is 384. The molecule has 0 bridgehead atoms. The summed E-state index contributed by atoms with van der Waals surface area (Å²) >= 11 is 4.51. The van der Waals surface area contributed by atoms with Gasteiger partial charge in [0.25, 0.3) is 0 Å². The number of thiophene rings is 1. The second kappa shape index (κ2) is 4.90. The molecule has 5 heteroatoms. The van der Waals surface area contributed by atoms with E-state index in [4.69, 9.17) is 5.11 Å². The molecule has 3 nitrogen and oxygen atoms in total. The monoisotopic (exact) mass is 290 g/mol. The number of carboxylic acid groups (broad SMARTS) is 1. The summed E-state index contributed by atoms with van der Waals surface area (Å²) in [5.41, 5.74) is 0. The van der Waals surface area contributed by atoms with Gasteiger partial charge in [-0.1, -0.05) is 13.8 Å². The Morgan fingerprint density at radius 1 is 1.40 bits per heavy atom. The van der Waals surface area contributed by atoms with Gasteiger partial charge in [0.05, 0.1) is 8.66 Å². The molecular formula is C10H11BrO3S. The van der Waals surface area contributed by atoms with Crippen LogP contribution in [-0.4, -0.2) is 16.9 Å². The van der Waals surface area contributed by atoms with Crippen LogP contribution in [0, 0.1) is 11.8 Å². The number of Topliss-reactive ketones (excluding diaryl/α,β-unsaturated/α-hetero) is 1. The Labute approximate surface area is 100 Å². The van der Waals surface area contributed by atoms with E-state index >= 15 is 0 Å². The van der Waals surface area contributed by atoms with Gasteiger partial charge >= 0.3 is 5.97 Å². The lowest BCUT2D eigenvalue weighted by Crippen LogP contribution is -2.28.